The molecule has 14 heteroatoms. The maximum atomic E-state index is 16.0. The normalized spacial score (nSPS) is 11.4. The zero-order valence-corrected chi connectivity index (χ0v) is 23.2. The summed E-state index contributed by atoms with van der Waals surface area (Å²) in [5.74, 6) is -10.0. The van der Waals surface area contributed by atoms with Gasteiger partial charge in [0.25, 0.3) is 0 Å². The fourth-order valence-electron chi connectivity index (χ4n) is 4.58. The van der Waals surface area contributed by atoms with Crippen LogP contribution in [-0.4, -0.2) is 34.2 Å². The molecule has 0 aliphatic rings. The van der Waals surface area contributed by atoms with E-state index in [4.69, 9.17) is 14.7 Å². The maximum Gasteiger partial charge on any atom is 0.379 e. The summed E-state index contributed by atoms with van der Waals surface area (Å²) in [6.45, 7) is -0.613. The Balaban J connectivity index is 1.48. The van der Waals surface area contributed by atoms with E-state index in [0.717, 1.165) is 22.8 Å². The molecule has 0 aliphatic heterocycles. The predicted octanol–water partition coefficient (Wildman–Crippen LogP) is 6.79. The molecular formula is C31H20F6N4O4. The van der Waals surface area contributed by atoms with E-state index in [2.05, 4.69) is 14.9 Å². The van der Waals surface area contributed by atoms with Gasteiger partial charge in [0.2, 0.25) is 5.88 Å². The smallest absolute Gasteiger partial charge is 0.379 e. The van der Waals surface area contributed by atoms with Crippen LogP contribution in [-0.2, 0) is 28.8 Å². The SMILES string of the molecule is COCCn1c(C(F)(F)c2cc(F)c(-c3cccc(OCc4ccc(C#N)cc4F)n3)cc2F)nc2ccc(C(=O)OF)cc21. The van der Waals surface area contributed by atoms with Crippen LogP contribution in [0.3, 0.4) is 0 Å². The summed E-state index contributed by atoms with van der Waals surface area (Å²) >= 11 is 0. The number of nitrogens with zero attached hydrogens (tertiary/aromatic N) is 4. The Hall–Kier alpha value is -5.42. The van der Waals surface area contributed by atoms with Gasteiger partial charge in [-0.3, -0.25) is 0 Å². The molecule has 3 aromatic carbocycles. The zero-order chi connectivity index (χ0) is 32.3. The van der Waals surface area contributed by atoms with Gasteiger partial charge < -0.3 is 14.0 Å². The van der Waals surface area contributed by atoms with E-state index < -0.39 is 46.3 Å². The Morgan fingerprint density at radius 3 is 2.49 bits per heavy atom. The third-order valence-corrected chi connectivity index (χ3v) is 6.81. The van der Waals surface area contributed by atoms with Gasteiger partial charge in [-0.25, -0.2) is 32.9 Å². The number of pyridine rings is 1. The number of benzene rings is 3. The number of carbonyl (C=O) groups is 1. The molecule has 5 rings (SSSR count). The fourth-order valence-corrected chi connectivity index (χ4v) is 4.58. The summed E-state index contributed by atoms with van der Waals surface area (Å²) in [6, 6.07) is 13.9. The summed E-state index contributed by atoms with van der Waals surface area (Å²) in [4.78, 5) is 22.9. The van der Waals surface area contributed by atoms with Crippen molar-refractivity contribution < 1.29 is 45.7 Å². The van der Waals surface area contributed by atoms with E-state index in [1.807, 2.05) is 6.07 Å². The molecule has 0 atom stereocenters. The van der Waals surface area contributed by atoms with Crippen LogP contribution in [0.1, 0.15) is 32.9 Å². The number of carbonyl (C=O) groups excluding carboxylic acids is 1. The number of ether oxygens (including phenoxy) is 2. The summed E-state index contributed by atoms with van der Waals surface area (Å²) in [7, 11) is 1.32. The van der Waals surface area contributed by atoms with E-state index >= 15 is 17.6 Å². The molecule has 0 bridgehead atoms. The summed E-state index contributed by atoms with van der Waals surface area (Å²) < 4.78 is 101. The van der Waals surface area contributed by atoms with Crippen molar-refractivity contribution in [1.29, 1.82) is 5.26 Å². The fraction of sp³-hybridized carbons (Fsp3) is 0.161. The van der Waals surface area contributed by atoms with Crippen LogP contribution in [0.25, 0.3) is 22.3 Å². The molecule has 0 saturated heterocycles. The number of methoxy groups -OCH3 is 1. The first-order valence-corrected chi connectivity index (χ1v) is 13.1. The minimum absolute atomic E-state index is 0.0240. The third kappa shape index (κ3) is 6.16. The molecule has 5 aromatic rings. The Morgan fingerprint density at radius 1 is 0.978 bits per heavy atom. The molecule has 0 N–H and O–H groups in total. The molecule has 230 valence electrons. The van der Waals surface area contributed by atoms with Crippen LogP contribution in [0, 0.1) is 28.8 Å². The Kier molecular flexibility index (Phi) is 8.73. The van der Waals surface area contributed by atoms with E-state index in [1.165, 1.54) is 43.5 Å². The van der Waals surface area contributed by atoms with Crippen molar-refractivity contribution >= 4 is 17.0 Å². The van der Waals surface area contributed by atoms with Gasteiger partial charge in [0.15, 0.2) is 5.82 Å². The number of aromatic nitrogens is 3. The Morgan fingerprint density at radius 2 is 1.78 bits per heavy atom. The number of rotatable bonds is 10. The monoisotopic (exact) mass is 626 g/mol. The second-order valence-corrected chi connectivity index (χ2v) is 9.60. The molecule has 0 aliphatic carbocycles. The van der Waals surface area contributed by atoms with Crippen molar-refractivity contribution in [2.75, 3.05) is 13.7 Å². The van der Waals surface area contributed by atoms with Gasteiger partial charge >= 0.3 is 11.9 Å². The van der Waals surface area contributed by atoms with Crippen LogP contribution in [0.5, 0.6) is 5.88 Å². The standard InChI is InChI=1S/C31H20F6N4O4/c1-43-10-9-41-27-12-18(29(42)45-37)7-8-26(27)40-30(41)31(35,36)21-14-23(33)20(13-24(21)34)25-3-2-4-28(39-25)44-16-19-6-5-17(15-38)11-22(19)32/h2-8,11-14H,9-10,16H2,1H3. The Labute approximate surface area is 250 Å². The van der Waals surface area contributed by atoms with Crippen LogP contribution in [0.4, 0.5) is 26.5 Å². The summed E-state index contributed by atoms with van der Waals surface area (Å²) in [6.07, 6.45) is 0. The molecule has 0 fully saturated rings. The molecule has 0 radical (unpaired) electrons. The van der Waals surface area contributed by atoms with E-state index in [0.29, 0.717) is 12.1 Å². The van der Waals surface area contributed by atoms with Gasteiger partial charge in [-0.1, -0.05) is 12.1 Å². The van der Waals surface area contributed by atoms with Gasteiger partial charge in [-0.15, -0.1) is 0 Å². The second-order valence-electron chi connectivity index (χ2n) is 9.60. The van der Waals surface area contributed by atoms with Crippen molar-refractivity contribution in [3.8, 4) is 23.2 Å². The highest BCUT2D eigenvalue weighted by molar-refractivity contribution is 5.93. The lowest BCUT2D eigenvalue weighted by atomic mass is 10.0. The first kappa shape index (κ1) is 31.0. The third-order valence-electron chi connectivity index (χ3n) is 6.81. The van der Waals surface area contributed by atoms with Gasteiger partial charge in [0, 0.05) is 35.4 Å². The van der Waals surface area contributed by atoms with Crippen molar-refractivity contribution in [3.05, 3.63) is 112 Å². The molecular weight excluding hydrogens is 606 g/mol. The van der Waals surface area contributed by atoms with Crippen LogP contribution < -0.4 is 4.74 Å². The van der Waals surface area contributed by atoms with Crippen LogP contribution in [0.15, 0.2) is 66.7 Å². The second kappa shape index (κ2) is 12.7. The number of halogens is 6. The van der Waals surface area contributed by atoms with Crippen molar-refractivity contribution in [2.45, 2.75) is 19.1 Å². The summed E-state index contributed by atoms with van der Waals surface area (Å²) in [5, 5.41) is 8.88. The van der Waals surface area contributed by atoms with E-state index in [1.54, 1.807) is 0 Å². The minimum atomic E-state index is -4.19. The maximum absolute atomic E-state index is 16.0. The summed E-state index contributed by atoms with van der Waals surface area (Å²) in [5.41, 5.74) is -2.06. The number of nitriles is 1. The zero-order valence-electron chi connectivity index (χ0n) is 23.2. The molecule has 0 saturated carbocycles. The number of hydrogen-bond donors (Lipinski definition) is 0. The van der Waals surface area contributed by atoms with Crippen molar-refractivity contribution in [2.24, 2.45) is 0 Å². The highest BCUT2D eigenvalue weighted by Crippen LogP contribution is 2.40. The topological polar surface area (TPSA) is 99.3 Å². The highest BCUT2D eigenvalue weighted by Gasteiger charge is 2.43. The lowest BCUT2D eigenvalue weighted by Gasteiger charge is -2.20. The van der Waals surface area contributed by atoms with Gasteiger partial charge in [-0.2, -0.15) is 14.0 Å². The van der Waals surface area contributed by atoms with E-state index in [-0.39, 0.29) is 59.1 Å². The first-order chi connectivity index (χ1) is 21.6. The van der Waals surface area contributed by atoms with Crippen LogP contribution in [0.2, 0.25) is 0 Å². The molecule has 8 nitrogen and oxygen atoms in total. The lowest BCUT2D eigenvalue weighted by Crippen LogP contribution is -2.24. The lowest BCUT2D eigenvalue weighted by molar-refractivity contribution is -0.0787. The van der Waals surface area contributed by atoms with Gasteiger partial charge in [0.1, 0.15) is 24.1 Å². The molecule has 0 amide bonds. The average Bonchev–Trinajstić information content (AvgIpc) is 3.42. The molecule has 45 heavy (non-hydrogen) atoms. The molecule has 0 spiro atoms. The minimum Gasteiger partial charge on any atom is -0.473 e. The predicted molar refractivity (Wildman–Crippen MR) is 146 cm³/mol. The first-order valence-electron chi connectivity index (χ1n) is 13.1. The van der Waals surface area contributed by atoms with E-state index in [9.17, 15) is 13.7 Å². The number of fused-ring (bicyclic) bond motifs is 1. The number of imidazole rings is 1. The number of hydrogen-bond acceptors (Lipinski definition) is 7. The van der Waals surface area contributed by atoms with Crippen molar-refractivity contribution in [1.82, 2.24) is 14.5 Å². The molecule has 2 heterocycles. The molecule has 0 unspecified atom stereocenters. The number of alkyl halides is 2. The van der Waals surface area contributed by atoms with Gasteiger partial charge in [-0.05, 0) is 48.5 Å². The molecule has 2 aromatic heterocycles. The van der Waals surface area contributed by atoms with Gasteiger partial charge in [0.05, 0.1) is 46.1 Å². The largest absolute Gasteiger partial charge is 0.473 e. The Bertz CT molecular complexity index is 1960. The van der Waals surface area contributed by atoms with Crippen molar-refractivity contribution in [3.63, 3.8) is 0 Å². The average molecular weight is 627 g/mol. The quantitative estimate of drug-likeness (QED) is 0.157. The highest BCUT2D eigenvalue weighted by atomic mass is 19.3. The van der Waals surface area contributed by atoms with Crippen LogP contribution >= 0.6 is 0 Å².